The van der Waals surface area contributed by atoms with Gasteiger partial charge < -0.3 is 9.88 Å². The van der Waals surface area contributed by atoms with E-state index < -0.39 is 0 Å². The van der Waals surface area contributed by atoms with Crippen molar-refractivity contribution in [2.75, 3.05) is 5.32 Å². The molecule has 106 valence electrons. The minimum atomic E-state index is 0.252. The quantitative estimate of drug-likeness (QED) is 0.671. The Labute approximate surface area is 133 Å². The largest absolute Gasteiger partial charge is 0.378 e. The SMILES string of the molecule is CC(Nc1cccc(-n2cccc2)c1)c1cccc(Br)c1. The van der Waals surface area contributed by atoms with Gasteiger partial charge in [0.25, 0.3) is 0 Å². The predicted molar refractivity (Wildman–Crippen MR) is 91.9 cm³/mol. The van der Waals surface area contributed by atoms with E-state index in [4.69, 9.17) is 0 Å². The monoisotopic (exact) mass is 340 g/mol. The highest BCUT2D eigenvalue weighted by atomic mass is 79.9. The van der Waals surface area contributed by atoms with Gasteiger partial charge in [0.15, 0.2) is 0 Å². The Bertz CT molecular complexity index is 720. The van der Waals surface area contributed by atoms with E-state index in [1.807, 2.05) is 18.2 Å². The van der Waals surface area contributed by atoms with Crippen molar-refractivity contribution in [3.05, 3.63) is 83.1 Å². The number of nitrogens with one attached hydrogen (secondary N) is 1. The van der Waals surface area contributed by atoms with E-state index >= 15 is 0 Å². The van der Waals surface area contributed by atoms with Gasteiger partial charge in [0.1, 0.15) is 0 Å². The molecule has 1 atom stereocenters. The van der Waals surface area contributed by atoms with Crippen LogP contribution in [-0.2, 0) is 0 Å². The second kappa shape index (κ2) is 6.19. The van der Waals surface area contributed by atoms with Gasteiger partial charge in [-0.05, 0) is 55.0 Å². The molecule has 3 heteroatoms. The van der Waals surface area contributed by atoms with Crippen LogP contribution in [0, 0.1) is 0 Å². The lowest BCUT2D eigenvalue weighted by molar-refractivity contribution is 0.883. The van der Waals surface area contributed by atoms with E-state index in [0.717, 1.165) is 15.8 Å². The Kier molecular flexibility index (Phi) is 4.11. The Balaban J connectivity index is 1.80. The van der Waals surface area contributed by atoms with E-state index in [-0.39, 0.29) is 6.04 Å². The molecule has 2 nitrogen and oxygen atoms in total. The Morgan fingerprint density at radius 2 is 1.71 bits per heavy atom. The maximum Gasteiger partial charge on any atom is 0.0486 e. The summed E-state index contributed by atoms with van der Waals surface area (Å²) in [6, 6.07) is 21.1. The van der Waals surface area contributed by atoms with Crippen molar-refractivity contribution < 1.29 is 0 Å². The predicted octanol–water partition coefficient (Wildman–Crippen LogP) is 5.41. The normalized spacial score (nSPS) is 12.1. The van der Waals surface area contributed by atoms with Gasteiger partial charge in [0, 0.05) is 34.3 Å². The van der Waals surface area contributed by atoms with Crippen molar-refractivity contribution >= 4 is 21.6 Å². The summed E-state index contributed by atoms with van der Waals surface area (Å²) in [5, 5.41) is 3.55. The molecule has 0 amide bonds. The number of aromatic nitrogens is 1. The molecule has 1 unspecified atom stereocenters. The van der Waals surface area contributed by atoms with Crippen molar-refractivity contribution in [1.29, 1.82) is 0 Å². The summed E-state index contributed by atoms with van der Waals surface area (Å²) in [5.74, 6) is 0. The van der Waals surface area contributed by atoms with Crippen molar-refractivity contribution in [1.82, 2.24) is 4.57 Å². The average molecular weight is 341 g/mol. The molecule has 0 saturated heterocycles. The van der Waals surface area contributed by atoms with Crippen molar-refractivity contribution in [3.8, 4) is 5.69 Å². The lowest BCUT2D eigenvalue weighted by Crippen LogP contribution is -2.06. The van der Waals surface area contributed by atoms with Crippen LogP contribution in [0.25, 0.3) is 5.69 Å². The van der Waals surface area contributed by atoms with Gasteiger partial charge in [0.05, 0.1) is 0 Å². The molecule has 1 aromatic heterocycles. The number of benzene rings is 2. The first-order chi connectivity index (χ1) is 10.2. The second-order valence-electron chi connectivity index (χ2n) is 5.06. The van der Waals surface area contributed by atoms with Crippen LogP contribution in [-0.4, -0.2) is 4.57 Å². The molecule has 21 heavy (non-hydrogen) atoms. The van der Waals surface area contributed by atoms with Gasteiger partial charge in [0.2, 0.25) is 0 Å². The molecule has 0 aliphatic rings. The zero-order valence-electron chi connectivity index (χ0n) is 11.8. The van der Waals surface area contributed by atoms with Crippen LogP contribution in [0.1, 0.15) is 18.5 Å². The van der Waals surface area contributed by atoms with E-state index in [9.17, 15) is 0 Å². The van der Waals surface area contributed by atoms with Gasteiger partial charge in [-0.15, -0.1) is 0 Å². The molecule has 0 saturated carbocycles. The minimum absolute atomic E-state index is 0.252. The molecule has 0 aliphatic heterocycles. The fourth-order valence-electron chi connectivity index (χ4n) is 2.37. The Morgan fingerprint density at radius 1 is 0.952 bits per heavy atom. The van der Waals surface area contributed by atoms with Crippen molar-refractivity contribution in [2.45, 2.75) is 13.0 Å². The highest BCUT2D eigenvalue weighted by Gasteiger charge is 2.06. The number of rotatable bonds is 4. The summed E-state index contributed by atoms with van der Waals surface area (Å²) in [4.78, 5) is 0. The maximum absolute atomic E-state index is 3.55. The van der Waals surface area contributed by atoms with Crippen LogP contribution in [0.5, 0.6) is 0 Å². The zero-order valence-corrected chi connectivity index (χ0v) is 13.4. The maximum atomic E-state index is 3.55. The molecule has 2 aromatic carbocycles. The molecular weight excluding hydrogens is 324 g/mol. The number of nitrogens with zero attached hydrogens (tertiary/aromatic N) is 1. The van der Waals surface area contributed by atoms with Gasteiger partial charge in [-0.1, -0.05) is 34.1 Å². The molecule has 3 rings (SSSR count). The number of hydrogen-bond donors (Lipinski definition) is 1. The van der Waals surface area contributed by atoms with Crippen molar-refractivity contribution in [3.63, 3.8) is 0 Å². The topological polar surface area (TPSA) is 17.0 Å². The smallest absolute Gasteiger partial charge is 0.0486 e. The molecule has 0 aliphatic carbocycles. The van der Waals surface area contributed by atoms with Crippen LogP contribution in [0.3, 0.4) is 0 Å². The fourth-order valence-corrected chi connectivity index (χ4v) is 2.79. The van der Waals surface area contributed by atoms with Gasteiger partial charge in [-0.2, -0.15) is 0 Å². The molecule has 1 N–H and O–H groups in total. The minimum Gasteiger partial charge on any atom is -0.378 e. The first kappa shape index (κ1) is 14.0. The Morgan fingerprint density at radius 3 is 2.48 bits per heavy atom. The molecule has 0 radical (unpaired) electrons. The number of halogens is 1. The standard InChI is InChI=1S/C18H17BrN2/c1-14(15-6-4-7-16(19)12-15)20-17-8-5-9-18(13-17)21-10-2-3-11-21/h2-14,20H,1H3. The zero-order chi connectivity index (χ0) is 14.7. The van der Waals surface area contributed by atoms with Crippen LogP contribution in [0.4, 0.5) is 5.69 Å². The lowest BCUT2D eigenvalue weighted by atomic mass is 10.1. The number of hydrogen-bond acceptors (Lipinski definition) is 1. The number of anilines is 1. The summed E-state index contributed by atoms with van der Waals surface area (Å²) in [7, 11) is 0. The first-order valence-corrected chi connectivity index (χ1v) is 7.77. The first-order valence-electron chi connectivity index (χ1n) is 6.98. The molecule has 1 heterocycles. The summed E-state index contributed by atoms with van der Waals surface area (Å²) in [5.41, 5.74) is 3.54. The van der Waals surface area contributed by atoms with Crippen molar-refractivity contribution in [2.24, 2.45) is 0 Å². The van der Waals surface area contributed by atoms with E-state index in [2.05, 4.69) is 87.6 Å². The second-order valence-corrected chi connectivity index (χ2v) is 5.98. The fraction of sp³-hybridized carbons (Fsp3) is 0.111. The molecule has 0 spiro atoms. The van der Waals surface area contributed by atoms with Crippen LogP contribution in [0.2, 0.25) is 0 Å². The van der Waals surface area contributed by atoms with E-state index in [1.54, 1.807) is 0 Å². The third kappa shape index (κ3) is 3.37. The Hall–Kier alpha value is -2.00. The van der Waals surface area contributed by atoms with Gasteiger partial charge >= 0.3 is 0 Å². The third-order valence-corrected chi connectivity index (χ3v) is 3.97. The lowest BCUT2D eigenvalue weighted by Gasteiger charge is -2.17. The third-order valence-electron chi connectivity index (χ3n) is 3.48. The highest BCUT2D eigenvalue weighted by Crippen LogP contribution is 2.23. The van der Waals surface area contributed by atoms with E-state index in [0.29, 0.717) is 0 Å². The summed E-state index contributed by atoms with van der Waals surface area (Å²) in [6.07, 6.45) is 4.10. The molecule has 3 aromatic rings. The van der Waals surface area contributed by atoms with Crippen LogP contribution >= 0.6 is 15.9 Å². The summed E-state index contributed by atoms with van der Waals surface area (Å²) < 4.78 is 3.21. The van der Waals surface area contributed by atoms with Gasteiger partial charge in [-0.3, -0.25) is 0 Å². The van der Waals surface area contributed by atoms with Crippen LogP contribution in [0.15, 0.2) is 77.5 Å². The van der Waals surface area contributed by atoms with Crippen LogP contribution < -0.4 is 5.32 Å². The molecule has 0 fully saturated rings. The molecule has 0 bridgehead atoms. The van der Waals surface area contributed by atoms with Gasteiger partial charge in [-0.25, -0.2) is 0 Å². The summed E-state index contributed by atoms with van der Waals surface area (Å²) in [6.45, 7) is 2.17. The average Bonchev–Trinajstić information content (AvgIpc) is 3.02. The highest BCUT2D eigenvalue weighted by molar-refractivity contribution is 9.10. The van der Waals surface area contributed by atoms with E-state index in [1.165, 1.54) is 5.56 Å². The summed E-state index contributed by atoms with van der Waals surface area (Å²) >= 11 is 3.52. The molecular formula is C18H17BrN2.